The summed E-state index contributed by atoms with van der Waals surface area (Å²) in [6, 6.07) is 52.3. The van der Waals surface area contributed by atoms with Crippen molar-refractivity contribution >= 4 is 76.7 Å². The number of nitrogens with zero attached hydrogens (tertiary/aromatic N) is 2. The molecule has 0 spiro atoms. The van der Waals surface area contributed by atoms with Crippen molar-refractivity contribution in [2.45, 2.75) is 32.4 Å². The largest absolute Gasteiger partial charge is 0.478 e. The lowest BCUT2D eigenvalue weighted by atomic mass is 9.78. The molecule has 0 fully saturated rings. The molecule has 2 heterocycles. The number of carboxylic acids is 1. The maximum atomic E-state index is 14.0. The molecule has 0 bridgehead atoms. The molecule has 14 heteroatoms. The van der Waals surface area contributed by atoms with Crippen LogP contribution in [0.5, 0.6) is 23.0 Å². The van der Waals surface area contributed by atoms with Gasteiger partial charge in [-0.05, 0) is 157 Å². The SMILES string of the molecule is CC(C)(c1ccc(Oc2ccc(N)cc2)cc1)c1ccc(Oc2ccc(NC(=O)c3ccc(N4C(=O)c5ccc([Si](C)(C)c6ccc7c(c6)C(=O)N(c6ccc(C(=O)O)cc6)C7=O)cc5C4=O)cc3)cc2)cc1. The van der Waals surface area contributed by atoms with Crippen LogP contribution in [0.3, 0.4) is 0 Å². The van der Waals surface area contributed by atoms with Crippen molar-refractivity contribution in [3.63, 3.8) is 0 Å². The zero-order valence-electron chi connectivity index (χ0n) is 40.0. The Morgan fingerprint density at radius 3 is 1.27 bits per heavy atom. The number of carbonyl (C=O) groups excluding carboxylic acids is 5. The molecule has 8 aromatic carbocycles. The molecule has 2 aliphatic rings. The van der Waals surface area contributed by atoms with Crippen LogP contribution in [-0.4, -0.2) is 48.7 Å². The van der Waals surface area contributed by atoms with E-state index in [9.17, 15) is 33.9 Å². The van der Waals surface area contributed by atoms with E-state index in [1.165, 1.54) is 24.3 Å². The highest BCUT2D eigenvalue weighted by Gasteiger charge is 2.41. The third-order valence-corrected chi connectivity index (χ3v) is 17.1. The molecule has 73 heavy (non-hydrogen) atoms. The summed E-state index contributed by atoms with van der Waals surface area (Å²) in [4.78, 5) is 81.5. The third kappa shape index (κ3) is 8.91. The minimum atomic E-state index is -2.65. The van der Waals surface area contributed by atoms with Crippen LogP contribution in [0.15, 0.2) is 182 Å². The highest BCUT2D eigenvalue weighted by Crippen LogP contribution is 2.36. The summed E-state index contributed by atoms with van der Waals surface area (Å²) in [5.74, 6) is -0.866. The van der Waals surface area contributed by atoms with E-state index < -0.39 is 37.7 Å². The zero-order valence-corrected chi connectivity index (χ0v) is 41.0. The number of amides is 5. The number of nitrogens with two attached hydrogens (primary N) is 1. The summed E-state index contributed by atoms with van der Waals surface area (Å²) >= 11 is 0. The fourth-order valence-electron chi connectivity index (χ4n) is 9.07. The fraction of sp³-hybridized carbons (Fsp3) is 0.0847. The Morgan fingerprint density at radius 1 is 0.493 bits per heavy atom. The summed E-state index contributed by atoms with van der Waals surface area (Å²) in [6.45, 7) is 8.43. The Kier molecular flexibility index (Phi) is 11.9. The molecule has 0 aliphatic carbocycles. The number of nitrogens with one attached hydrogen (secondary N) is 1. The summed E-state index contributed by atoms with van der Waals surface area (Å²) in [5.41, 5.74) is 10.8. The van der Waals surface area contributed by atoms with E-state index in [1.807, 2.05) is 60.7 Å². The molecular weight excluding hydrogens is 937 g/mol. The molecule has 4 N–H and O–H groups in total. The summed E-state index contributed by atoms with van der Waals surface area (Å²) in [7, 11) is -2.65. The van der Waals surface area contributed by atoms with Crippen molar-refractivity contribution < 1.29 is 43.3 Å². The van der Waals surface area contributed by atoms with E-state index in [1.54, 1.807) is 84.9 Å². The van der Waals surface area contributed by atoms with E-state index >= 15 is 0 Å². The smallest absolute Gasteiger partial charge is 0.335 e. The fourth-order valence-corrected chi connectivity index (χ4v) is 11.4. The van der Waals surface area contributed by atoms with Crippen molar-refractivity contribution in [2.24, 2.45) is 0 Å². The topological polar surface area (TPSA) is 186 Å². The molecular formula is C59H46N4O9Si. The first-order valence-corrected chi connectivity index (χ1v) is 26.3. The molecule has 0 unspecified atom stereocenters. The summed E-state index contributed by atoms with van der Waals surface area (Å²) in [5, 5.41) is 13.8. The maximum Gasteiger partial charge on any atom is 0.335 e. The van der Waals surface area contributed by atoms with Gasteiger partial charge in [0, 0.05) is 22.4 Å². The van der Waals surface area contributed by atoms with Gasteiger partial charge in [0.2, 0.25) is 0 Å². The number of hydrogen-bond acceptors (Lipinski definition) is 9. The van der Waals surface area contributed by atoms with Gasteiger partial charge < -0.3 is 25.6 Å². The summed E-state index contributed by atoms with van der Waals surface area (Å²) in [6.07, 6.45) is 0. The molecule has 360 valence electrons. The molecule has 10 rings (SSSR count). The number of carboxylic acid groups (broad SMARTS) is 1. The highest BCUT2D eigenvalue weighted by molar-refractivity contribution is 7.00. The maximum absolute atomic E-state index is 14.0. The zero-order chi connectivity index (χ0) is 51.3. The summed E-state index contributed by atoms with van der Waals surface area (Å²) < 4.78 is 12.1. The van der Waals surface area contributed by atoms with Crippen molar-refractivity contribution in [3.05, 3.63) is 226 Å². The predicted octanol–water partition coefficient (Wildman–Crippen LogP) is 10.6. The van der Waals surface area contributed by atoms with Crippen LogP contribution in [0.4, 0.5) is 22.7 Å². The van der Waals surface area contributed by atoms with Gasteiger partial charge in [-0.2, -0.15) is 0 Å². The average Bonchev–Trinajstić information content (AvgIpc) is 3.80. The first kappa shape index (κ1) is 47.3. The molecule has 8 aromatic rings. The van der Waals surface area contributed by atoms with Gasteiger partial charge >= 0.3 is 5.97 Å². The number of nitrogen functional groups attached to an aromatic ring is 1. The number of fused-ring (bicyclic) bond motifs is 2. The molecule has 5 amide bonds. The van der Waals surface area contributed by atoms with Crippen LogP contribution < -0.4 is 40.7 Å². The van der Waals surface area contributed by atoms with Gasteiger partial charge in [-0.15, -0.1) is 0 Å². The van der Waals surface area contributed by atoms with Crippen LogP contribution in [-0.2, 0) is 5.41 Å². The van der Waals surface area contributed by atoms with Crippen LogP contribution in [0, 0.1) is 0 Å². The number of aromatic carboxylic acids is 1. The van der Waals surface area contributed by atoms with E-state index in [2.05, 4.69) is 44.4 Å². The Hall–Kier alpha value is -9.40. The number of imide groups is 2. The molecule has 0 radical (unpaired) electrons. The lowest BCUT2D eigenvalue weighted by Gasteiger charge is -2.26. The second kappa shape index (κ2) is 18.4. The van der Waals surface area contributed by atoms with E-state index in [0.717, 1.165) is 37.0 Å². The minimum Gasteiger partial charge on any atom is -0.478 e. The molecule has 0 saturated carbocycles. The molecule has 0 aromatic heterocycles. The lowest BCUT2D eigenvalue weighted by Crippen LogP contribution is -2.53. The monoisotopic (exact) mass is 982 g/mol. The molecule has 0 saturated heterocycles. The van der Waals surface area contributed by atoms with Gasteiger partial charge in [-0.1, -0.05) is 73.7 Å². The third-order valence-electron chi connectivity index (χ3n) is 13.6. The van der Waals surface area contributed by atoms with E-state index in [-0.39, 0.29) is 44.8 Å². The standard InChI is InChI=1S/C59H46N4O9Si/c1-59(2,37-9-21-43(22-10-37)71-45-25-13-39(60)14-26-45)38-11-23-44(24-12-38)72-46-27-15-40(16-28-46)61-53(64)35-5-17-41(18-6-35)62-54(65)49-31-29-47(33-51(49)56(62)67)73(3,4)48-30-32-50-52(34-48)57(68)63(55(50)66)42-19-7-36(8-20-42)58(69)70/h5-34H,60H2,1-4H3,(H,61,64)(H,69,70). The molecule has 0 atom stereocenters. The van der Waals surface area contributed by atoms with Gasteiger partial charge in [-0.25, -0.2) is 14.6 Å². The Bertz CT molecular complexity index is 3540. The van der Waals surface area contributed by atoms with Crippen LogP contribution >= 0.6 is 0 Å². The van der Waals surface area contributed by atoms with Gasteiger partial charge in [0.15, 0.2) is 0 Å². The minimum absolute atomic E-state index is 0.0277. The van der Waals surface area contributed by atoms with Crippen LogP contribution in [0.2, 0.25) is 13.1 Å². The number of ether oxygens (including phenoxy) is 2. The normalized spacial score (nSPS) is 13.2. The number of carbonyl (C=O) groups is 6. The Labute approximate surface area is 421 Å². The van der Waals surface area contributed by atoms with Gasteiger partial charge in [-0.3, -0.25) is 24.0 Å². The lowest BCUT2D eigenvalue weighted by molar-refractivity contribution is 0.0695. The first-order valence-electron chi connectivity index (χ1n) is 23.3. The quantitative estimate of drug-likeness (QED) is 0.0570. The molecule has 2 aliphatic heterocycles. The van der Waals surface area contributed by atoms with Crippen molar-refractivity contribution in [1.82, 2.24) is 0 Å². The van der Waals surface area contributed by atoms with Crippen molar-refractivity contribution in [1.29, 1.82) is 0 Å². The highest BCUT2D eigenvalue weighted by atomic mass is 28.3. The van der Waals surface area contributed by atoms with E-state index in [4.69, 9.17) is 15.2 Å². The number of anilines is 4. The van der Waals surface area contributed by atoms with Crippen LogP contribution in [0.25, 0.3) is 0 Å². The van der Waals surface area contributed by atoms with Crippen LogP contribution in [0.1, 0.15) is 87.1 Å². The van der Waals surface area contributed by atoms with E-state index in [0.29, 0.717) is 39.9 Å². The second-order valence-corrected chi connectivity index (χ2v) is 23.3. The second-order valence-electron chi connectivity index (χ2n) is 18.9. The average molecular weight is 983 g/mol. The van der Waals surface area contributed by atoms with Crippen molar-refractivity contribution in [3.8, 4) is 23.0 Å². The predicted molar refractivity (Wildman–Crippen MR) is 282 cm³/mol. The number of hydrogen-bond donors (Lipinski definition) is 3. The Balaban J connectivity index is 0.755. The first-order chi connectivity index (χ1) is 35.0. The van der Waals surface area contributed by atoms with Gasteiger partial charge in [0.1, 0.15) is 31.1 Å². The van der Waals surface area contributed by atoms with Gasteiger partial charge in [0.05, 0.1) is 39.2 Å². The molecule has 13 nitrogen and oxygen atoms in total. The van der Waals surface area contributed by atoms with Crippen molar-refractivity contribution in [2.75, 3.05) is 20.9 Å². The number of rotatable bonds is 13. The Morgan fingerprint density at radius 2 is 0.863 bits per heavy atom. The number of benzene rings is 8. The van der Waals surface area contributed by atoms with Gasteiger partial charge in [0.25, 0.3) is 29.5 Å².